The van der Waals surface area contributed by atoms with Gasteiger partial charge in [0.2, 0.25) is 11.8 Å². The lowest BCUT2D eigenvalue weighted by molar-refractivity contribution is 0.329. The number of rotatable bonds is 5. The van der Waals surface area contributed by atoms with E-state index in [-0.39, 0.29) is 11.9 Å². The summed E-state index contributed by atoms with van der Waals surface area (Å²) < 4.78 is 19.5. The molecule has 1 heterocycles. The van der Waals surface area contributed by atoms with E-state index in [4.69, 9.17) is 16.0 Å². The normalized spacial score (nSPS) is 16.4. The van der Waals surface area contributed by atoms with E-state index in [1.165, 1.54) is 31.4 Å². The maximum atomic E-state index is 13.5. The fraction of sp³-hybridized carbons (Fsp3) is 0.333. The lowest BCUT2D eigenvalue weighted by Gasteiger charge is -2.27. The lowest BCUT2D eigenvalue weighted by Crippen LogP contribution is -2.35. The summed E-state index contributed by atoms with van der Waals surface area (Å²) in [5.74, 6) is 0.530. The van der Waals surface area contributed by atoms with Gasteiger partial charge < -0.3 is 4.42 Å². The predicted octanol–water partition coefficient (Wildman–Crippen LogP) is 5.54. The smallest absolute Gasteiger partial charge is 0.247 e. The molecule has 1 atom stereocenters. The van der Waals surface area contributed by atoms with Crippen molar-refractivity contribution in [3.05, 3.63) is 70.8 Å². The Balaban J connectivity index is 1.68. The fourth-order valence-electron chi connectivity index (χ4n) is 3.58. The van der Waals surface area contributed by atoms with Gasteiger partial charge in [0.05, 0.1) is 0 Å². The fourth-order valence-corrected chi connectivity index (χ4v) is 3.86. The summed E-state index contributed by atoms with van der Waals surface area (Å²) in [7, 11) is 0. The highest BCUT2D eigenvalue weighted by Crippen LogP contribution is 2.32. The molecule has 0 saturated heterocycles. The van der Waals surface area contributed by atoms with Gasteiger partial charge in [-0.25, -0.2) is 4.39 Å². The zero-order chi connectivity index (χ0) is 18.6. The number of benzene rings is 2. The summed E-state index contributed by atoms with van der Waals surface area (Å²) in [6.07, 6.45) is 5.84. The topological polar surface area (TPSA) is 51.0 Å². The maximum Gasteiger partial charge on any atom is 0.247 e. The van der Waals surface area contributed by atoms with Crippen LogP contribution >= 0.6 is 11.6 Å². The molecule has 1 aliphatic carbocycles. The summed E-state index contributed by atoms with van der Waals surface area (Å²) in [5.41, 5.74) is 1.60. The van der Waals surface area contributed by atoms with Crippen molar-refractivity contribution in [3.63, 3.8) is 0 Å². The molecule has 140 valence electrons. The third-order valence-electron chi connectivity index (χ3n) is 4.99. The molecule has 0 bridgehead atoms. The van der Waals surface area contributed by atoms with Crippen LogP contribution in [0, 0.1) is 5.82 Å². The van der Waals surface area contributed by atoms with Gasteiger partial charge in [0.1, 0.15) is 11.9 Å². The van der Waals surface area contributed by atoms with Crippen LogP contribution in [-0.4, -0.2) is 16.2 Å². The number of nitrogens with one attached hydrogen (secondary N) is 1. The molecule has 1 fully saturated rings. The SMILES string of the molecule is Fc1ccc([C@@H](NC2CCCCC2)c2nnc(-c3ccccc3)o2)c(Cl)c1. The van der Waals surface area contributed by atoms with Gasteiger partial charge in [-0.1, -0.05) is 55.1 Å². The van der Waals surface area contributed by atoms with Crippen LogP contribution in [0.25, 0.3) is 11.5 Å². The van der Waals surface area contributed by atoms with Crippen molar-refractivity contribution in [2.45, 2.75) is 44.2 Å². The summed E-state index contributed by atoms with van der Waals surface area (Å²) in [6, 6.07) is 14.0. The van der Waals surface area contributed by atoms with Gasteiger partial charge in [-0.3, -0.25) is 5.32 Å². The highest BCUT2D eigenvalue weighted by Gasteiger charge is 2.27. The van der Waals surface area contributed by atoms with Crippen molar-refractivity contribution in [1.29, 1.82) is 0 Å². The molecule has 4 rings (SSSR count). The molecule has 27 heavy (non-hydrogen) atoms. The van der Waals surface area contributed by atoms with Crippen LogP contribution in [0.4, 0.5) is 4.39 Å². The minimum absolute atomic E-state index is 0.344. The molecular weight excluding hydrogens is 365 g/mol. The standard InChI is InChI=1S/C21H21ClFN3O/c22-18-13-15(23)11-12-17(18)19(24-16-9-5-2-6-10-16)21-26-25-20(27-21)14-7-3-1-4-8-14/h1,3-4,7-8,11-13,16,19,24H,2,5-6,9-10H2/t19-/m1/s1. The Morgan fingerprint density at radius 2 is 1.81 bits per heavy atom. The Hall–Kier alpha value is -2.24. The van der Waals surface area contributed by atoms with Crippen molar-refractivity contribution in [2.75, 3.05) is 0 Å². The van der Waals surface area contributed by atoms with E-state index in [1.54, 1.807) is 6.07 Å². The Morgan fingerprint density at radius 1 is 1.04 bits per heavy atom. The Bertz CT molecular complexity index is 893. The van der Waals surface area contributed by atoms with Crippen LogP contribution in [0.1, 0.15) is 49.6 Å². The molecule has 0 aliphatic heterocycles. The predicted molar refractivity (Wildman–Crippen MR) is 103 cm³/mol. The second kappa shape index (κ2) is 8.19. The molecule has 4 nitrogen and oxygen atoms in total. The van der Waals surface area contributed by atoms with E-state index in [2.05, 4.69) is 15.5 Å². The van der Waals surface area contributed by atoms with Crippen molar-refractivity contribution in [1.82, 2.24) is 15.5 Å². The van der Waals surface area contributed by atoms with Crippen molar-refractivity contribution in [2.24, 2.45) is 0 Å². The number of aromatic nitrogens is 2. The van der Waals surface area contributed by atoms with Gasteiger partial charge in [-0.2, -0.15) is 0 Å². The molecule has 0 amide bonds. The van der Waals surface area contributed by atoms with E-state index < -0.39 is 0 Å². The van der Waals surface area contributed by atoms with Gasteiger partial charge in [0, 0.05) is 16.6 Å². The van der Waals surface area contributed by atoms with E-state index in [0.717, 1.165) is 24.0 Å². The van der Waals surface area contributed by atoms with Crippen LogP contribution in [0.15, 0.2) is 52.9 Å². The molecule has 1 N–H and O–H groups in total. The zero-order valence-electron chi connectivity index (χ0n) is 14.9. The quantitative estimate of drug-likeness (QED) is 0.626. The Labute approximate surface area is 162 Å². The summed E-state index contributed by atoms with van der Waals surface area (Å²) in [4.78, 5) is 0. The molecule has 0 radical (unpaired) electrons. The minimum Gasteiger partial charge on any atom is -0.419 e. The van der Waals surface area contributed by atoms with Gasteiger partial charge in [-0.05, 0) is 42.7 Å². The number of hydrogen-bond acceptors (Lipinski definition) is 4. The van der Waals surface area contributed by atoms with E-state index in [9.17, 15) is 4.39 Å². The average molecular weight is 386 g/mol. The van der Waals surface area contributed by atoms with E-state index in [0.29, 0.717) is 22.8 Å². The van der Waals surface area contributed by atoms with Crippen LogP contribution < -0.4 is 5.32 Å². The van der Waals surface area contributed by atoms with Gasteiger partial charge in [0.25, 0.3) is 0 Å². The van der Waals surface area contributed by atoms with Crippen LogP contribution in [-0.2, 0) is 0 Å². The average Bonchev–Trinajstić information content (AvgIpc) is 3.18. The van der Waals surface area contributed by atoms with E-state index >= 15 is 0 Å². The summed E-state index contributed by atoms with van der Waals surface area (Å²) >= 11 is 6.35. The number of nitrogens with zero attached hydrogens (tertiary/aromatic N) is 2. The van der Waals surface area contributed by atoms with Crippen LogP contribution in [0.3, 0.4) is 0 Å². The first kappa shape index (κ1) is 18.1. The second-order valence-corrected chi connectivity index (χ2v) is 7.32. The molecule has 1 aromatic heterocycles. The largest absolute Gasteiger partial charge is 0.419 e. The third-order valence-corrected chi connectivity index (χ3v) is 5.32. The first-order valence-electron chi connectivity index (χ1n) is 9.30. The van der Waals surface area contributed by atoms with Crippen molar-refractivity contribution in [3.8, 4) is 11.5 Å². The zero-order valence-corrected chi connectivity index (χ0v) is 15.6. The van der Waals surface area contributed by atoms with Gasteiger partial charge >= 0.3 is 0 Å². The highest BCUT2D eigenvalue weighted by molar-refractivity contribution is 6.31. The van der Waals surface area contributed by atoms with Crippen LogP contribution in [0.5, 0.6) is 0 Å². The van der Waals surface area contributed by atoms with Crippen molar-refractivity contribution >= 4 is 11.6 Å². The second-order valence-electron chi connectivity index (χ2n) is 6.91. The molecule has 1 aliphatic rings. The van der Waals surface area contributed by atoms with Gasteiger partial charge in [-0.15, -0.1) is 10.2 Å². The highest BCUT2D eigenvalue weighted by atomic mass is 35.5. The number of halogens is 2. The molecule has 0 unspecified atom stereocenters. The van der Waals surface area contributed by atoms with Crippen LogP contribution in [0.2, 0.25) is 5.02 Å². The molecule has 6 heteroatoms. The molecular formula is C21H21ClFN3O. The first-order chi connectivity index (χ1) is 13.2. The maximum absolute atomic E-state index is 13.5. The monoisotopic (exact) mass is 385 g/mol. The molecule has 2 aromatic carbocycles. The number of hydrogen-bond donors (Lipinski definition) is 1. The summed E-state index contributed by atoms with van der Waals surface area (Å²) in [5, 5.41) is 12.4. The van der Waals surface area contributed by atoms with Gasteiger partial charge in [0.15, 0.2) is 0 Å². The molecule has 1 saturated carbocycles. The van der Waals surface area contributed by atoms with E-state index in [1.807, 2.05) is 30.3 Å². The molecule has 3 aromatic rings. The Morgan fingerprint density at radius 3 is 2.56 bits per heavy atom. The first-order valence-corrected chi connectivity index (χ1v) is 9.68. The minimum atomic E-state index is -0.369. The van der Waals surface area contributed by atoms with Crippen molar-refractivity contribution < 1.29 is 8.81 Å². The third kappa shape index (κ3) is 4.20. The lowest BCUT2D eigenvalue weighted by atomic mass is 9.94. The summed E-state index contributed by atoms with van der Waals surface area (Å²) in [6.45, 7) is 0. The Kier molecular flexibility index (Phi) is 5.50. The molecule has 0 spiro atoms.